The zero-order chi connectivity index (χ0) is 18.6. The van der Waals surface area contributed by atoms with Crippen molar-refractivity contribution in [2.24, 2.45) is 5.92 Å². The van der Waals surface area contributed by atoms with E-state index in [1.54, 1.807) is 6.92 Å². The Balaban J connectivity index is 2.00. The average molecular weight is 370 g/mol. The maximum absolute atomic E-state index is 12.4. The number of hydrogen-bond donors (Lipinski definition) is 2. The highest BCUT2D eigenvalue weighted by Crippen LogP contribution is 2.25. The van der Waals surface area contributed by atoms with Gasteiger partial charge in [0.1, 0.15) is 11.3 Å². The molecule has 0 aromatic heterocycles. The minimum absolute atomic E-state index is 0.0126. The predicted octanol–water partition coefficient (Wildman–Crippen LogP) is 1.39. The van der Waals surface area contributed by atoms with Crippen LogP contribution in [0.3, 0.4) is 0 Å². The van der Waals surface area contributed by atoms with Crippen molar-refractivity contribution < 1.29 is 27.9 Å². The number of carbonyl (C=O) groups is 2. The first kappa shape index (κ1) is 19.2. The van der Waals surface area contributed by atoms with Crippen molar-refractivity contribution in [3.63, 3.8) is 0 Å². The van der Waals surface area contributed by atoms with Crippen LogP contribution in [-0.2, 0) is 14.8 Å². The maximum atomic E-state index is 12.4. The number of anilines is 1. The summed E-state index contributed by atoms with van der Waals surface area (Å²) in [5.41, 5.74) is 0.453. The van der Waals surface area contributed by atoms with Gasteiger partial charge in [-0.3, -0.25) is 4.79 Å². The van der Waals surface area contributed by atoms with Gasteiger partial charge in [-0.2, -0.15) is 0 Å². The number of nitrogens with zero attached hydrogens (tertiary/aromatic N) is 1. The number of carboxylic acid groups (broad SMARTS) is 1. The molecule has 1 aliphatic rings. The standard InChI is InChI=1S/C16H22N2O6S/c1-3-25(22,23)18-8-6-11(7-9-18)15(19)17-12-4-5-13(16(20)21)14(10-12)24-2/h4-5,10-11H,3,6-9H2,1-2H3,(H,17,19)(H,20,21). The molecule has 2 rings (SSSR count). The van der Waals surface area contributed by atoms with Crippen LogP contribution >= 0.6 is 0 Å². The Morgan fingerprint density at radius 1 is 1.32 bits per heavy atom. The predicted molar refractivity (Wildman–Crippen MR) is 92.3 cm³/mol. The van der Waals surface area contributed by atoms with E-state index in [9.17, 15) is 18.0 Å². The van der Waals surface area contributed by atoms with E-state index in [2.05, 4.69) is 5.32 Å². The molecule has 1 fully saturated rings. The normalized spacial score (nSPS) is 16.4. The first-order valence-corrected chi connectivity index (χ1v) is 9.59. The summed E-state index contributed by atoms with van der Waals surface area (Å²) in [6, 6.07) is 4.33. The molecule has 0 spiro atoms. The molecule has 0 atom stereocenters. The van der Waals surface area contributed by atoms with Gasteiger partial charge in [0, 0.05) is 30.8 Å². The quantitative estimate of drug-likeness (QED) is 0.782. The second-order valence-electron chi connectivity index (χ2n) is 5.78. The largest absolute Gasteiger partial charge is 0.496 e. The Labute approximate surface area is 146 Å². The lowest BCUT2D eigenvalue weighted by molar-refractivity contribution is -0.120. The van der Waals surface area contributed by atoms with Gasteiger partial charge in [0.15, 0.2) is 0 Å². The number of methoxy groups -OCH3 is 1. The molecule has 0 saturated carbocycles. The van der Waals surface area contributed by atoms with Gasteiger partial charge in [-0.05, 0) is 31.9 Å². The summed E-state index contributed by atoms with van der Waals surface area (Å²) in [5.74, 6) is -1.39. The van der Waals surface area contributed by atoms with Gasteiger partial charge in [-0.25, -0.2) is 17.5 Å². The fourth-order valence-corrected chi connectivity index (χ4v) is 3.90. The molecular formula is C16H22N2O6S. The van der Waals surface area contributed by atoms with E-state index in [-0.39, 0.29) is 28.9 Å². The van der Waals surface area contributed by atoms with E-state index in [0.717, 1.165) is 0 Å². The molecule has 1 aromatic carbocycles. The van der Waals surface area contributed by atoms with E-state index in [4.69, 9.17) is 9.84 Å². The molecule has 0 unspecified atom stereocenters. The summed E-state index contributed by atoms with van der Waals surface area (Å²) in [5, 5.41) is 11.8. The average Bonchev–Trinajstić information content (AvgIpc) is 2.61. The van der Waals surface area contributed by atoms with Crippen LogP contribution in [0.2, 0.25) is 0 Å². The van der Waals surface area contributed by atoms with E-state index in [1.807, 2.05) is 0 Å². The smallest absolute Gasteiger partial charge is 0.339 e. The van der Waals surface area contributed by atoms with Crippen LogP contribution < -0.4 is 10.1 Å². The van der Waals surface area contributed by atoms with Crippen LogP contribution in [0.15, 0.2) is 18.2 Å². The van der Waals surface area contributed by atoms with Crippen LogP contribution in [0.1, 0.15) is 30.1 Å². The summed E-state index contributed by atoms with van der Waals surface area (Å²) in [6.07, 6.45) is 0.908. The number of hydrogen-bond acceptors (Lipinski definition) is 5. The topological polar surface area (TPSA) is 113 Å². The first-order chi connectivity index (χ1) is 11.8. The first-order valence-electron chi connectivity index (χ1n) is 7.98. The molecule has 0 radical (unpaired) electrons. The molecular weight excluding hydrogens is 348 g/mol. The lowest BCUT2D eigenvalue weighted by Gasteiger charge is -2.30. The van der Waals surface area contributed by atoms with Gasteiger partial charge >= 0.3 is 5.97 Å². The fraction of sp³-hybridized carbons (Fsp3) is 0.500. The molecule has 138 valence electrons. The highest BCUT2D eigenvalue weighted by molar-refractivity contribution is 7.89. The van der Waals surface area contributed by atoms with Gasteiger partial charge in [0.25, 0.3) is 0 Å². The molecule has 1 amide bonds. The van der Waals surface area contributed by atoms with Crippen molar-refractivity contribution in [1.29, 1.82) is 0 Å². The number of nitrogens with one attached hydrogen (secondary N) is 1. The molecule has 1 aromatic rings. The van der Waals surface area contributed by atoms with Crippen molar-refractivity contribution in [1.82, 2.24) is 4.31 Å². The van der Waals surface area contributed by atoms with Crippen LogP contribution in [-0.4, -0.2) is 55.7 Å². The summed E-state index contributed by atoms with van der Waals surface area (Å²) in [4.78, 5) is 23.5. The van der Waals surface area contributed by atoms with Crippen molar-refractivity contribution in [2.75, 3.05) is 31.3 Å². The number of carbonyl (C=O) groups excluding carboxylic acids is 1. The highest BCUT2D eigenvalue weighted by atomic mass is 32.2. The number of amides is 1. The van der Waals surface area contributed by atoms with Crippen LogP contribution in [0.5, 0.6) is 5.75 Å². The number of carboxylic acids is 1. The Morgan fingerprint density at radius 3 is 2.48 bits per heavy atom. The van der Waals surface area contributed by atoms with E-state index < -0.39 is 16.0 Å². The molecule has 25 heavy (non-hydrogen) atoms. The van der Waals surface area contributed by atoms with E-state index in [0.29, 0.717) is 31.6 Å². The highest BCUT2D eigenvalue weighted by Gasteiger charge is 2.30. The summed E-state index contributed by atoms with van der Waals surface area (Å²) in [6.45, 7) is 2.26. The summed E-state index contributed by atoms with van der Waals surface area (Å²) < 4.78 is 30.1. The lowest BCUT2D eigenvalue weighted by Crippen LogP contribution is -2.42. The molecule has 1 heterocycles. The van der Waals surface area contributed by atoms with Gasteiger partial charge < -0.3 is 15.2 Å². The molecule has 1 saturated heterocycles. The molecule has 2 N–H and O–H groups in total. The Morgan fingerprint density at radius 2 is 1.96 bits per heavy atom. The number of piperidine rings is 1. The number of benzene rings is 1. The molecule has 1 aliphatic heterocycles. The van der Waals surface area contributed by atoms with Crippen molar-refractivity contribution in [3.8, 4) is 5.75 Å². The molecule has 9 heteroatoms. The Hall–Kier alpha value is -2.13. The molecule has 0 aliphatic carbocycles. The number of sulfonamides is 1. The SMILES string of the molecule is CCS(=O)(=O)N1CCC(C(=O)Nc2ccc(C(=O)O)c(OC)c2)CC1. The minimum Gasteiger partial charge on any atom is -0.496 e. The fourth-order valence-electron chi connectivity index (χ4n) is 2.77. The van der Waals surface area contributed by atoms with Gasteiger partial charge in [-0.15, -0.1) is 0 Å². The molecule has 8 nitrogen and oxygen atoms in total. The third-order valence-electron chi connectivity index (χ3n) is 4.28. The van der Waals surface area contributed by atoms with E-state index in [1.165, 1.54) is 29.6 Å². The Bertz CT molecular complexity index is 754. The van der Waals surface area contributed by atoms with Crippen LogP contribution in [0.25, 0.3) is 0 Å². The van der Waals surface area contributed by atoms with Crippen molar-refractivity contribution in [2.45, 2.75) is 19.8 Å². The second kappa shape index (κ2) is 7.83. The third-order valence-corrected chi connectivity index (χ3v) is 6.16. The molecule has 0 bridgehead atoms. The lowest BCUT2D eigenvalue weighted by atomic mass is 9.97. The Kier molecular flexibility index (Phi) is 6.02. The third kappa shape index (κ3) is 4.49. The van der Waals surface area contributed by atoms with Crippen LogP contribution in [0, 0.1) is 5.92 Å². The monoisotopic (exact) mass is 370 g/mol. The zero-order valence-corrected chi connectivity index (χ0v) is 15.0. The zero-order valence-electron chi connectivity index (χ0n) is 14.2. The summed E-state index contributed by atoms with van der Waals surface area (Å²) in [7, 11) is -1.86. The summed E-state index contributed by atoms with van der Waals surface area (Å²) >= 11 is 0. The van der Waals surface area contributed by atoms with Crippen molar-refractivity contribution in [3.05, 3.63) is 23.8 Å². The van der Waals surface area contributed by atoms with Crippen LogP contribution in [0.4, 0.5) is 5.69 Å². The van der Waals surface area contributed by atoms with Crippen molar-refractivity contribution >= 4 is 27.6 Å². The van der Waals surface area contributed by atoms with Gasteiger partial charge in [-0.1, -0.05) is 0 Å². The minimum atomic E-state index is -3.22. The number of rotatable bonds is 6. The van der Waals surface area contributed by atoms with Gasteiger partial charge in [0.05, 0.1) is 12.9 Å². The second-order valence-corrected chi connectivity index (χ2v) is 8.04. The van der Waals surface area contributed by atoms with Gasteiger partial charge in [0.2, 0.25) is 15.9 Å². The number of ether oxygens (including phenoxy) is 1. The maximum Gasteiger partial charge on any atom is 0.339 e. The number of aromatic carboxylic acids is 1. The van der Waals surface area contributed by atoms with E-state index >= 15 is 0 Å².